The van der Waals surface area contributed by atoms with E-state index in [2.05, 4.69) is 10.6 Å². The maximum Gasteiger partial charge on any atom is 0.408 e. The van der Waals surface area contributed by atoms with E-state index in [1.54, 1.807) is 20.8 Å². The van der Waals surface area contributed by atoms with Gasteiger partial charge in [0.05, 0.1) is 20.8 Å². The number of alkyl carbamates (subject to hydrolysis) is 1. The third-order valence-electron chi connectivity index (χ3n) is 4.80. The fourth-order valence-electron chi connectivity index (χ4n) is 3.02. The molecule has 0 saturated carbocycles. The smallest absolute Gasteiger partial charge is 0.408 e. The second-order valence-corrected chi connectivity index (χ2v) is 12.3. The normalized spacial score (nSPS) is 13.7. The van der Waals surface area contributed by atoms with Crippen LogP contribution in [0.2, 0.25) is 0 Å². The number of hydrogen-bond acceptors (Lipinski definition) is 10. The number of hydrogen-bond donors (Lipinski definition) is 2. The van der Waals surface area contributed by atoms with Gasteiger partial charge >= 0.3 is 18.0 Å². The zero-order chi connectivity index (χ0) is 28.7. The van der Waals surface area contributed by atoms with E-state index in [4.69, 9.17) is 18.9 Å². The second-order valence-electron chi connectivity index (χ2n) is 9.79. The van der Waals surface area contributed by atoms with Crippen LogP contribution < -0.4 is 10.6 Å². The maximum absolute atomic E-state index is 13.1. The predicted molar refractivity (Wildman–Crippen MR) is 149 cm³/mol. The Morgan fingerprint density at radius 1 is 0.868 bits per heavy atom. The Labute approximate surface area is 233 Å². The first-order valence-electron chi connectivity index (χ1n) is 12.2. The molecule has 0 aliphatic heterocycles. The molecule has 0 heterocycles. The third-order valence-corrected chi connectivity index (χ3v) is 7.23. The number of methoxy groups -OCH3 is 2. The van der Waals surface area contributed by atoms with Crippen LogP contribution in [0, 0.1) is 5.92 Å². The van der Waals surface area contributed by atoms with Gasteiger partial charge in [-0.15, -0.1) is 0 Å². The van der Waals surface area contributed by atoms with Crippen LogP contribution in [0.15, 0.2) is 30.3 Å². The summed E-state index contributed by atoms with van der Waals surface area (Å²) >= 11 is 0. The van der Waals surface area contributed by atoms with E-state index in [9.17, 15) is 19.2 Å². The molecule has 0 saturated heterocycles. The van der Waals surface area contributed by atoms with Crippen molar-refractivity contribution in [2.75, 3.05) is 25.7 Å². The van der Waals surface area contributed by atoms with E-state index in [1.807, 2.05) is 44.2 Å². The molecule has 0 radical (unpaired) electrons. The summed E-state index contributed by atoms with van der Waals surface area (Å²) in [5.41, 5.74) is 0.210. The van der Waals surface area contributed by atoms with Gasteiger partial charge in [0, 0.05) is 11.5 Å². The van der Waals surface area contributed by atoms with Gasteiger partial charge in [0.2, 0.25) is 5.91 Å². The highest BCUT2D eigenvalue weighted by atomic mass is 33.1. The van der Waals surface area contributed by atoms with Gasteiger partial charge in [-0.05, 0) is 38.7 Å². The van der Waals surface area contributed by atoms with Gasteiger partial charge < -0.3 is 29.6 Å². The lowest BCUT2D eigenvalue weighted by molar-refractivity contribution is -0.146. The van der Waals surface area contributed by atoms with Crippen molar-refractivity contribution >= 4 is 45.5 Å². The molecule has 0 spiro atoms. The number of esters is 2. The van der Waals surface area contributed by atoms with Crippen LogP contribution in [0.4, 0.5) is 4.79 Å². The zero-order valence-electron chi connectivity index (χ0n) is 23.1. The molecule has 3 atom stereocenters. The Morgan fingerprint density at radius 2 is 1.39 bits per heavy atom. The van der Waals surface area contributed by atoms with Gasteiger partial charge in [-0.1, -0.05) is 65.8 Å². The highest BCUT2D eigenvalue weighted by molar-refractivity contribution is 8.76. The summed E-state index contributed by atoms with van der Waals surface area (Å²) in [6.45, 7) is 9.37. The fraction of sp³-hybridized carbons (Fsp3) is 0.615. The average molecular weight is 573 g/mol. The molecule has 0 aromatic heterocycles. The summed E-state index contributed by atoms with van der Waals surface area (Å²) in [5, 5.41) is 5.23. The van der Waals surface area contributed by atoms with E-state index < -0.39 is 47.7 Å². The lowest BCUT2D eigenvalue weighted by Gasteiger charge is -2.23. The Balaban J connectivity index is 2.73. The van der Waals surface area contributed by atoms with Gasteiger partial charge in [0.25, 0.3) is 0 Å². The minimum absolute atomic E-state index is 0.147. The van der Waals surface area contributed by atoms with Crippen molar-refractivity contribution in [1.82, 2.24) is 10.6 Å². The van der Waals surface area contributed by atoms with Crippen molar-refractivity contribution in [1.29, 1.82) is 0 Å². The molecule has 0 aliphatic rings. The van der Waals surface area contributed by atoms with Crippen LogP contribution in [0.3, 0.4) is 0 Å². The van der Waals surface area contributed by atoms with Crippen LogP contribution in [0.5, 0.6) is 0 Å². The topological polar surface area (TPSA) is 129 Å². The molecule has 2 N–H and O–H groups in total. The van der Waals surface area contributed by atoms with Crippen LogP contribution in [0.1, 0.15) is 46.6 Å². The highest BCUT2D eigenvalue weighted by Gasteiger charge is 2.29. The maximum atomic E-state index is 13.1. The molecule has 0 bridgehead atoms. The summed E-state index contributed by atoms with van der Waals surface area (Å²) in [5.74, 6) is -1.14. The summed E-state index contributed by atoms with van der Waals surface area (Å²) in [4.78, 5) is 49.6. The first-order valence-corrected chi connectivity index (χ1v) is 14.7. The van der Waals surface area contributed by atoms with Gasteiger partial charge in [0.1, 0.15) is 23.8 Å². The van der Waals surface area contributed by atoms with Gasteiger partial charge in [0.15, 0.2) is 0 Å². The summed E-state index contributed by atoms with van der Waals surface area (Å²) in [7, 11) is 4.94. The monoisotopic (exact) mass is 572 g/mol. The predicted octanol–water partition coefficient (Wildman–Crippen LogP) is 3.72. The lowest BCUT2D eigenvalue weighted by Crippen LogP contribution is -2.48. The van der Waals surface area contributed by atoms with E-state index in [1.165, 1.54) is 35.8 Å². The van der Waals surface area contributed by atoms with E-state index in [-0.39, 0.29) is 24.0 Å². The molecular formula is C26H40N2O8S2. The van der Waals surface area contributed by atoms with Crippen molar-refractivity contribution in [3.63, 3.8) is 0 Å². The molecule has 2 amide bonds. The molecule has 38 heavy (non-hydrogen) atoms. The SMILES string of the molecule is COC(=O)[C@@H](CSSC[C@@H](NC(=O)[C@H](CC(C)C)OCc1ccccc1)C(=O)OC)NC(=O)OC(C)(C)C. The molecule has 1 aromatic carbocycles. The standard InChI is InChI=1S/C26H40N2O8S2/c1-17(2)13-21(35-14-18-11-9-8-10-12-18)22(29)27-19(23(30)33-6)15-37-38-16-20(24(31)34-7)28-25(32)36-26(3,4)5/h8-12,17,19-21H,13-16H2,1-7H3,(H,27,29)(H,28,32)/t19-,20-,21+/m1/s1. The second kappa shape index (κ2) is 17.2. The minimum atomic E-state index is -0.958. The summed E-state index contributed by atoms with van der Waals surface area (Å²) in [6.07, 6.45) is -1.02. The number of ether oxygens (including phenoxy) is 4. The third kappa shape index (κ3) is 13.9. The highest BCUT2D eigenvalue weighted by Crippen LogP contribution is 2.24. The number of carbonyl (C=O) groups excluding carboxylic acids is 4. The van der Waals surface area contributed by atoms with Gasteiger partial charge in [-0.25, -0.2) is 14.4 Å². The summed E-state index contributed by atoms with van der Waals surface area (Å²) < 4.78 is 20.7. The number of carbonyl (C=O) groups is 4. The van der Waals surface area contributed by atoms with E-state index in [0.29, 0.717) is 6.42 Å². The van der Waals surface area contributed by atoms with Crippen molar-refractivity contribution in [3.05, 3.63) is 35.9 Å². The van der Waals surface area contributed by atoms with E-state index in [0.717, 1.165) is 5.56 Å². The Hall–Kier alpha value is -2.44. The van der Waals surface area contributed by atoms with Crippen LogP contribution in [-0.2, 0) is 39.9 Å². The van der Waals surface area contributed by atoms with Crippen LogP contribution in [0.25, 0.3) is 0 Å². The number of amides is 2. The number of nitrogens with one attached hydrogen (secondary N) is 2. The fourth-order valence-corrected chi connectivity index (χ4v) is 5.32. The molecule has 0 aliphatic carbocycles. The Morgan fingerprint density at radius 3 is 1.87 bits per heavy atom. The molecule has 12 heteroatoms. The van der Waals surface area contributed by atoms with Crippen molar-refractivity contribution in [2.45, 2.75) is 71.4 Å². The molecule has 1 rings (SSSR count). The minimum Gasteiger partial charge on any atom is -0.467 e. The first kappa shape index (κ1) is 33.6. The zero-order valence-corrected chi connectivity index (χ0v) is 24.7. The van der Waals surface area contributed by atoms with Crippen molar-refractivity contribution in [2.24, 2.45) is 5.92 Å². The first-order chi connectivity index (χ1) is 17.9. The molecule has 1 aromatic rings. The molecule has 0 unspecified atom stereocenters. The van der Waals surface area contributed by atoms with Gasteiger partial charge in [-0.2, -0.15) is 0 Å². The quantitative estimate of drug-likeness (QED) is 0.139. The van der Waals surface area contributed by atoms with Crippen molar-refractivity contribution in [3.8, 4) is 0 Å². The Kier molecular flexibility index (Phi) is 15.2. The number of rotatable bonds is 15. The molecule has 0 fully saturated rings. The van der Waals surface area contributed by atoms with Crippen LogP contribution in [-0.4, -0.2) is 73.5 Å². The van der Waals surface area contributed by atoms with Crippen molar-refractivity contribution < 1.29 is 38.1 Å². The number of benzene rings is 1. The average Bonchev–Trinajstić information content (AvgIpc) is 2.85. The van der Waals surface area contributed by atoms with Crippen LogP contribution >= 0.6 is 21.6 Å². The summed E-state index contributed by atoms with van der Waals surface area (Å²) in [6, 6.07) is 7.62. The van der Waals surface area contributed by atoms with E-state index >= 15 is 0 Å². The molecule has 10 nitrogen and oxygen atoms in total. The van der Waals surface area contributed by atoms with Gasteiger partial charge in [-0.3, -0.25) is 4.79 Å². The largest absolute Gasteiger partial charge is 0.467 e. The molecule has 214 valence electrons. The molecular weight excluding hydrogens is 532 g/mol. The lowest BCUT2D eigenvalue weighted by atomic mass is 10.0. The Bertz CT molecular complexity index is 893.